The number of para-hydroxylation sites is 1. The van der Waals surface area contributed by atoms with Gasteiger partial charge in [0.2, 0.25) is 5.91 Å². The quantitative estimate of drug-likeness (QED) is 0.241. The maximum Gasteiger partial charge on any atom is 0.408 e. The third-order valence-corrected chi connectivity index (χ3v) is 7.47. The molecule has 8 nitrogen and oxygen atoms in total. The summed E-state index contributed by atoms with van der Waals surface area (Å²) < 4.78 is 5.52. The molecule has 0 aliphatic carbocycles. The Kier molecular flexibility index (Phi) is 10.6. The van der Waals surface area contributed by atoms with Crippen LogP contribution in [0.5, 0.6) is 5.75 Å². The first-order valence-electron chi connectivity index (χ1n) is 14.7. The zero-order valence-electron chi connectivity index (χ0n) is 26.5. The molecule has 0 saturated carbocycles. The number of benzene rings is 3. The molecular formula is C35H45N3O5. The Morgan fingerprint density at radius 1 is 0.860 bits per heavy atom. The van der Waals surface area contributed by atoms with E-state index in [1.165, 1.54) is 12.1 Å². The van der Waals surface area contributed by atoms with E-state index in [2.05, 4.69) is 10.6 Å². The lowest BCUT2D eigenvalue weighted by molar-refractivity contribution is -0.147. The van der Waals surface area contributed by atoms with Crippen LogP contribution < -0.4 is 10.6 Å². The van der Waals surface area contributed by atoms with Gasteiger partial charge in [-0.15, -0.1) is 0 Å². The first kappa shape index (κ1) is 33.2. The van der Waals surface area contributed by atoms with Gasteiger partial charge in [0.1, 0.15) is 23.4 Å². The highest BCUT2D eigenvalue weighted by atomic mass is 16.6. The molecule has 43 heavy (non-hydrogen) atoms. The number of aryl methyl sites for hydroxylation is 2. The molecule has 2 unspecified atom stereocenters. The monoisotopic (exact) mass is 587 g/mol. The summed E-state index contributed by atoms with van der Waals surface area (Å²) in [5, 5.41) is 15.7. The minimum Gasteiger partial charge on any atom is -0.508 e. The number of anilines is 1. The lowest BCUT2D eigenvalue weighted by atomic mass is 9.91. The van der Waals surface area contributed by atoms with Crippen molar-refractivity contribution in [3.05, 3.63) is 95.1 Å². The van der Waals surface area contributed by atoms with Crippen molar-refractivity contribution < 1.29 is 24.2 Å². The largest absolute Gasteiger partial charge is 0.508 e. The van der Waals surface area contributed by atoms with Crippen LogP contribution in [0.2, 0.25) is 0 Å². The van der Waals surface area contributed by atoms with Gasteiger partial charge in [0.05, 0.1) is 0 Å². The Morgan fingerprint density at radius 2 is 1.44 bits per heavy atom. The Bertz CT molecular complexity index is 1390. The van der Waals surface area contributed by atoms with Crippen LogP contribution in [0.15, 0.2) is 72.8 Å². The molecule has 0 heterocycles. The summed E-state index contributed by atoms with van der Waals surface area (Å²) in [5.74, 6) is -0.705. The van der Waals surface area contributed by atoms with Crippen molar-refractivity contribution in [2.24, 2.45) is 0 Å². The predicted molar refractivity (Wildman–Crippen MR) is 170 cm³/mol. The molecule has 230 valence electrons. The van der Waals surface area contributed by atoms with Gasteiger partial charge >= 0.3 is 6.09 Å². The van der Waals surface area contributed by atoms with Gasteiger partial charge in [-0.2, -0.15) is 0 Å². The average molecular weight is 588 g/mol. The smallest absolute Gasteiger partial charge is 0.408 e. The number of nitrogens with zero attached hydrogens (tertiary/aromatic N) is 1. The van der Waals surface area contributed by atoms with Gasteiger partial charge in [0, 0.05) is 17.6 Å². The van der Waals surface area contributed by atoms with Gasteiger partial charge in [-0.05, 0) is 89.3 Å². The predicted octanol–water partition coefficient (Wildman–Crippen LogP) is 6.84. The average Bonchev–Trinajstić information content (AvgIpc) is 2.93. The van der Waals surface area contributed by atoms with Crippen LogP contribution >= 0.6 is 0 Å². The third-order valence-electron chi connectivity index (χ3n) is 7.47. The highest BCUT2D eigenvalue weighted by Gasteiger charge is 2.43. The van der Waals surface area contributed by atoms with E-state index in [-0.39, 0.29) is 18.1 Å². The summed E-state index contributed by atoms with van der Waals surface area (Å²) in [4.78, 5) is 43.7. The van der Waals surface area contributed by atoms with E-state index in [0.29, 0.717) is 17.7 Å². The van der Waals surface area contributed by atoms with Gasteiger partial charge in [-0.1, -0.05) is 67.6 Å². The molecule has 3 aromatic rings. The van der Waals surface area contributed by atoms with Crippen LogP contribution in [-0.2, 0) is 20.7 Å². The van der Waals surface area contributed by atoms with Crippen molar-refractivity contribution in [3.8, 4) is 5.75 Å². The molecule has 3 amide bonds. The number of amides is 3. The molecule has 0 fully saturated rings. The minimum absolute atomic E-state index is 0.0905. The molecule has 0 aliphatic heterocycles. The number of phenols is 1. The standard InChI is InChI=1S/C35H45N3O5/c1-9-35(7,8)38(30(26-16-11-10-12-17-26)31(40)37-29-23(2)14-13-15-24(29)3)32(41)28(36-33(42)43-34(4,5)6)22-25-18-20-27(39)21-19-25/h10-21,28,30,39H,9,22H2,1-8H3,(H,36,42)(H,37,40). The second kappa shape index (κ2) is 13.8. The van der Waals surface area contributed by atoms with E-state index < -0.39 is 35.2 Å². The third kappa shape index (κ3) is 8.83. The molecule has 3 aromatic carbocycles. The van der Waals surface area contributed by atoms with Crippen LogP contribution in [0, 0.1) is 13.8 Å². The SMILES string of the molecule is CCC(C)(C)N(C(=O)C(Cc1ccc(O)cc1)NC(=O)OC(C)(C)C)C(C(=O)Nc1c(C)cccc1C)c1ccccc1. The summed E-state index contributed by atoms with van der Waals surface area (Å²) in [6.07, 6.45) is -0.0821. The summed E-state index contributed by atoms with van der Waals surface area (Å²) in [7, 11) is 0. The van der Waals surface area contributed by atoms with Crippen molar-refractivity contribution in [1.82, 2.24) is 10.2 Å². The van der Waals surface area contributed by atoms with Crippen molar-refractivity contribution in [3.63, 3.8) is 0 Å². The summed E-state index contributed by atoms with van der Waals surface area (Å²) >= 11 is 0. The van der Waals surface area contributed by atoms with Crippen LogP contribution in [0.3, 0.4) is 0 Å². The minimum atomic E-state index is -1.07. The number of phenolic OH excluding ortho intramolecular Hbond substituents is 1. The number of aromatic hydroxyl groups is 1. The summed E-state index contributed by atoms with van der Waals surface area (Å²) in [6.45, 7) is 14.9. The second-order valence-electron chi connectivity index (χ2n) is 12.5. The van der Waals surface area contributed by atoms with Crippen LogP contribution in [-0.4, -0.2) is 45.1 Å². The number of alkyl carbamates (subject to hydrolysis) is 1. The Labute approximate surface area is 255 Å². The molecule has 0 radical (unpaired) electrons. The van der Waals surface area contributed by atoms with E-state index in [0.717, 1.165) is 16.7 Å². The lowest BCUT2D eigenvalue weighted by Crippen LogP contribution is -2.59. The summed E-state index contributed by atoms with van der Waals surface area (Å²) in [6, 6.07) is 19.4. The Morgan fingerprint density at radius 3 is 1.98 bits per heavy atom. The Balaban J connectivity index is 2.14. The molecule has 0 bridgehead atoms. The van der Waals surface area contributed by atoms with Crippen molar-refractivity contribution in [2.75, 3.05) is 5.32 Å². The first-order chi connectivity index (χ1) is 20.1. The Hall–Kier alpha value is -4.33. The number of nitrogens with one attached hydrogen (secondary N) is 2. The molecule has 0 saturated heterocycles. The first-order valence-corrected chi connectivity index (χ1v) is 14.7. The van der Waals surface area contributed by atoms with Gasteiger partial charge < -0.3 is 25.4 Å². The number of hydrogen-bond acceptors (Lipinski definition) is 5. The molecular weight excluding hydrogens is 542 g/mol. The number of hydrogen-bond donors (Lipinski definition) is 3. The van der Waals surface area contributed by atoms with E-state index in [1.807, 2.05) is 83.1 Å². The van der Waals surface area contributed by atoms with Gasteiger partial charge in [-0.3, -0.25) is 9.59 Å². The fourth-order valence-corrected chi connectivity index (χ4v) is 4.89. The fourth-order valence-electron chi connectivity index (χ4n) is 4.89. The topological polar surface area (TPSA) is 108 Å². The lowest BCUT2D eigenvalue weighted by Gasteiger charge is -2.44. The molecule has 3 rings (SSSR count). The molecule has 8 heteroatoms. The molecule has 2 atom stereocenters. The molecule has 0 aromatic heterocycles. The summed E-state index contributed by atoms with van der Waals surface area (Å²) in [5.41, 5.74) is 2.30. The van der Waals surface area contributed by atoms with E-state index >= 15 is 0 Å². The van der Waals surface area contributed by atoms with Crippen LogP contribution in [0.1, 0.15) is 76.3 Å². The highest BCUT2D eigenvalue weighted by molar-refractivity contribution is 6.00. The number of rotatable bonds is 10. The highest BCUT2D eigenvalue weighted by Crippen LogP contribution is 2.34. The van der Waals surface area contributed by atoms with E-state index in [9.17, 15) is 19.5 Å². The van der Waals surface area contributed by atoms with Crippen LogP contribution in [0.4, 0.5) is 10.5 Å². The van der Waals surface area contributed by atoms with E-state index in [4.69, 9.17) is 4.74 Å². The van der Waals surface area contributed by atoms with Crippen molar-refractivity contribution in [1.29, 1.82) is 0 Å². The molecule has 3 N–H and O–H groups in total. The van der Waals surface area contributed by atoms with Gasteiger partial charge in [0.15, 0.2) is 0 Å². The normalized spacial score (nSPS) is 13.0. The van der Waals surface area contributed by atoms with Crippen molar-refractivity contribution in [2.45, 2.75) is 91.5 Å². The second-order valence-corrected chi connectivity index (χ2v) is 12.5. The van der Waals surface area contributed by atoms with E-state index in [1.54, 1.807) is 37.8 Å². The zero-order valence-corrected chi connectivity index (χ0v) is 26.5. The fraction of sp³-hybridized carbons (Fsp3) is 0.400. The van der Waals surface area contributed by atoms with Gasteiger partial charge in [0.25, 0.3) is 5.91 Å². The zero-order chi connectivity index (χ0) is 31.9. The number of carbonyl (C=O) groups excluding carboxylic acids is 3. The molecule has 0 spiro atoms. The number of carbonyl (C=O) groups is 3. The van der Waals surface area contributed by atoms with Crippen molar-refractivity contribution >= 4 is 23.6 Å². The van der Waals surface area contributed by atoms with Gasteiger partial charge in [-0.25, -0.2) is 4.79 Å². The number of ether oxygens (including phenoxy) is 1. The molecule has 0 aliphatic rings. The maximum atomic E-state index is 14.8. The van der Waals surface area contributed by atoms with Crippen LogP contribution in [0.25, 0.3) is 0 Å². The maximum absolute atomic E-state index is 14.8.